The van der Waals surface area contributed by atoms with Crippen LogP contribution in [0.1, 0.15) is 142 Å². The van der Waals surface area contributed by atoms with E-state index in [2.05, 4.69) is 19.1 Å². The summed E-state index contributed by atoms with van der Waals surface area (Å²) in [6, 6.07) is 0. The Morgan fingerprint density at radius 2 is 1.16 bits per heavy atom. The summed E-state index contributed by atoms with van der Waals surface area (Å²) in [6.45, 7) is 4.11. The summed E-state index contributed by atoms with van der Waals surface area (Å²) in [5.41, 5.74) is 0. The third kappa shape index (κ3) is 23.2. The van der Waals surface area contributed by atoms with E-state index in [0.29, 0.717) is 12.8 Å². The maximum atomic E-state index is 11.8. The molecule has 0 spiro atoms. The summed E-state index contributed by atoms with van der Waals surface area (Å²) in [7, 11) is 0. The van der Waals surface area contributed by atoms with Crippen molar-refractivity contribution in [1.29, 1.82) is 0 Å². The summed E-state index contributed by atoms with van der Waals surface area (Å²) in [5.74, 6) is -1.17. The number of ether oxygens (including phenoxy) is 1. The highest BCUT2D eigenvalue weighted by Crippen LogP contribution is 2.13. The van der Waals surface area contributed by atoms with Crippen LogP contribution in [0.25, 0.3) is 0 Å². The van der Waals surface area contributed by atoms with Crippen LogP contribution in [-0.2, 0) is 14.3 Å². The van der Waals surface area contributed by atoms with Crippen molar-refractivity contribution in [3.05, 3.63) is 12.2 Å². The molecule has 0 radical (unpaired) electrons. The number of carbonyl (C=O) groups excluding carboxylic acids is 1. The zero-order valence-electron chi connectivity index (χ0n) is 20.5. The minimum absolute atomic E-state index is 0.0995. The van der Waals surface area contributed by atoms with E-state index in [0.717, 1.165) is 12.8 Å². The summed E-state index contributed by atoms with van der Waals surface area (Å²) >= 11 is 0. The topological polar surface area (TPSA) is 63.6 Å². The van der Waals surface area contributed by atoms with Crippen LogP contribution in [-0.4, -0.2) is 23.1 Å². The standard InChI is InChI=1S/C27H50O4/c1-3-5-6-7-8-9-10-11-12-13-14-15-16-17-18-19-20-21-22-23-27(30)31-25(4-2)24-26(28)29/h11-12,25H,3-10,13-24H2,1-2H3,(H,28,29)/b12-11-. The quantitative estimate of drug-likeness (QED) is 0.0988. The second-order valence-electron chi connectivity index (χ2n) is 8.87. The van der Waals surface area contributed by atoms with Gasteiger partial charge in [0.05, 0.1) is 6.42 Å². The predicted molar refractivity (Wildman–Crippen MR) is 130 cm³/mol. The van der Waals surface area contributed by atoms with Crippen LogP contribution >= 0.6 is 0 Å². The molecular weight excluding hydrogens is 388 g/mol. The molecule has 0 heterocycles. The van der Waals surface area contributed by atoms with Crippen LogP contribution < -0.4 is 0 Å². The zero-order valence-corrected chi connectivity index (χ0v) is 20.5. The molecule has 0 aliphatic heterocycles. The van der Waals surface area contributed by atoms with E-state index in [9.17, 15) is 9.59 Å². The van der Waals surface area contributed by atoms with Crippen LogP contribution in [0.3, 0.4) is 0 Å². The van der Waals surface area contributed by atoms with Gasteiger partial charge < -0.3 is 9.84 Å². The van der Waals surface area contributed by atoms with Crippen molar-refractivity contribution in [2.45, 2.75) is 148 Å². The van der Waals surface area contributed by atoms with Crippen molar-refractivity contribution < 1.29 is 19.4 Å². The highest BCUT2D eigenvalue weighted by molar-refractivity contribution is 5.71. The highest BCUT2D eigenvalue weighted by Gasteiger charge is 2.15. The summed E-state index contributed by atoms with van der Waals surface area (Å²) in [5, 5.41) is 8.78. The lowest BCUT2D eigenvalue weighted by molar-refractivity contribution is -0.153. The van der Waals surface area contributed by atoms with Gasteiger partial charge in [-0.15, -0.1) is 0 Å². The van der Waals surface area contributed by atoms with Crippen LogP contribution in [0.4, 0.5) is 0 Å². The molecule has 0 aliphatic rings. The van der Waals surface area contributed by atoms with Gasteiger partial charge in [-0.3, -0.25) is 9.59 Å². The van der Waals surface area contributed by atoms with Gasteiger partial charge in [-0.1, -0.05) is 103 Å². The minimum Gasteiger partial charge on any atom is -0.481 e. The van der Waals surface area contributed by atoms with Crippen molar-refractivity contribution >= 4 is 11.9 Å². The van der Waals surface area contributed by atoms with Crippen molar-refractivity contribution in [3.63, 3.8) is 0 Å². The molecule has 4 heteroatoms. The number of carboxylic acids is 1. The molecule has 182 valence electrons. The van der Waals surface area contributed by atoms with Crippen LogP contribution in [0.2, 0.25) is 0 Å². The molecule has 4 nitrogen and oxygen atoms in total. The lowest BCUT2D eigenvalue weighted by atomic mass is 10.1. The number of esters is 1. The third-order valence-corrected chi connectivity index (χ3v) is 5.80. The van der Waals surface area contributed by atoms with Gasteiger partial charge in [0.1, 0.15) is 6.10 Å². The van der Waals surface area contributed by atoms with E-state index < -0.39 is 12.1 Å². The molecule has 0 bridgehead atoms. The molecular formula is C27H50O4. The van der Waals surface area contributed by atoms with E-state index in [1.54, 1.807) is 0 Å². The summed E-state index contributed by atoms with van der Waals surface area (Å²) in [6.07, 6.45) is 26.8. The maximum Gasteiger partial charge on any atom is 0.307 e. The fraction of sp³-hybridized carbons (Fsp3) is 0.852. The van der Waals surface area contributed by atoms with E-state index >= 15 is 0 Å². The lowest BCUT2D eigenvalue weighted by Gasteiger charge is -2.13. The van der Waals surface area contributed by atoms with Gasteiger partial charge in [-0.2, -0.15) is 0 Å². The summed E-state index contributed by atoms with van der Waals surface area (Å²) < 4.78 is 5.22. The average Bonchev–Trinajstić information content (AvgIpc) is 2.74. The molecule has 0 amide bonds. The molecule has 0 saturated carbocycles. The van der Waals surface area contributed by atoms with E-state index in [1.807, 2.05) is 6.92 Å². The lowest BCUT2D eigenvalue weighted by Crippen LogP contribution is -2.20. The van der Waals surface area contributed by atoms with Crippen molar-refractivity contribution in [3.8, 4) is 0 Å². The van der Waals surface area contributed by atoms with E-state index in [-0.39, 0.29) is 12.4 Å². The SMILES string of the molecule is CCCCCCCC/C=C\CCCCCCCCCCCC(=O)OC(CC)CC(=O)O. The third-order valence-electron chi connectivity index (χ3n) is 5.80. The number of allylic oxidation sites excluding steroid dienone is 2. The first-order chi connectivity index (χ1) is 15.1. The maximum absolute atomic E-state index is 11.8. The Morgan fingerprint density at radius 3 is 1.61 bits per heavy atom. The fourth-order valence-electron chi connectivity index (χ4n) is 3.76. The second kappa shape index (κ2) is 23.3. The minimum atomic E-state index is -0.917. The molecule has 0 fully saturated rings. The monoisotopic (exact) mass is 438 g/mol. The zero-order chi connectivity index (χ0) is 23.0. The molecule has 31 heavy (non-hydrogen) atoms. The predicted octanol–water partition coefficient (Wildman–Crippen LogP) is 8.38. The Bertz CT molecular complexity index is 445. The average molecular weight is 439 g/mol. The Hall–Kier alpha value is -1.32. The van der Waals surface area contributed by atoms with Gasteiger partial charge in [0.15, 0.2) is 0 Å². The number of carboxylic acid groups (broad SMARTS) is 1. The normalized spacial score (nSPS) is 12.3. The van der Waals surface area contributed by atoms with Crippen molar-refractivity contribution in [2.75, 3.05) is 0 Å². The Kier molecular flexibility index (Phi) is 22.4. The first-order valence-corrected chi connectivity index (χ1v) is 13.2. The highest BCUT2D eigenvalue weighted by atomic mass is 16.5. The first kappa shape index (κ1) is 29.7. The molecule has 0 aliphatic carbocycles. The number of hydrogen-bond donors (Lipinski definition) is 1. The van der Waals surface area contributed by atoms with Gasteiger partial charge in [-0.05, 0) is 38.5 Å². The molecule has 0 aromatic heterocycles. The van der Waals surface area contributed by atoms with E-state index in [4.69, 9.17) is 9.84 Å². The van der Waals surface area contributed by atoms with Gasteiger partial charge in [0, 0.05) is 6.42 Å². The number of carbonyl (C=O) groups is 2. The Balaban J connectivity index is 3.31. The fourth-order valence-corrected chi connectivity index (χ4v) is 3.76. The number of aliphatic carboxylic acids is 1. The second-order valence-corrected chi connectivity index (χ2v) is 8.87. The van der Waals surface area contributed by atoms with Crippen molar-refractivity contribution in [2.24, 2.45) is 0 Å². The van der Waals surface area contributed by atoms with E-state index in [1.165, 1.54) is 96.3 Å². The number of hydrogen-bond acceptors (Lipinski definition) is 3. The summed E-state index contributed by atoms with van der Waals surface area (Å²) in [4.78, 5) is 22.5. The Morgan fingerprint density at radius 1 is 0.710 bits per heavy atom. The van der Waals surface area contributed by atoms with Gasteiger partial charge >= 0.3 is 11.9 Å². The molecule has 0 aromatic rings. The first-order valence-electron chi connectivity index (χ1n) is 13.2. The van der Waals surface area contributed by atoms with Crippen molar-refractivity contribution in [1.82, 2.24) is 0 Å². The smallest absolute Gasteiger partial charge is 0.307 e. The van der Waals surface area contributed by atoms with Gasteiger partial charge in [0.2, 0.25) is 0 Å². The molecule has 1 atom stereocenters. The Labute approximate surface area is 192 Å². The molecule has 0 saturated heterocycles. The molecule has 1 unspecified atom stereocenters. The number of rotatable bonds is 23. The number of unbranched alkanes of at least 4 members (excludes halogenated alkanes) is 15. The molecule has 1 N–H and O–H groups in total. The van der Waals surface area contributed by atoms with Crippen LogP contribution in [0, 0.1) is 0 Å². The van der Waals surface area contributed by atoms with Crippen LogP contribution in [0.15, 0.2) is 12.2 Å². The van der Waals surface area contributed by atoms with Crippen LogP contribution in [0.5, 0.6) is 0 Å². The molecule has 0 aromatic carbocycles. The molecule has 0 rings (SSSR count). The van der Waals surface area contributed by atoms with Gasteiger partial charge in [0.25, 0.3) is 0 Å². The largest absolute Gasteiger partial charge is 0.481 e. The van der Waals surface area contributed by atoms with Gasteiger partial charge in [-0.25, -0.2) is 0 Å².